The minimum atomic E-state index is 0.713. The summed E-state index contributed by atoms with van der Waals surface area (Å²) in [4.78, 5) is 14.1. The van der Waals surface area contributed by atoms with Gasteiger partial charge < -0.3 is 24.3 Å². The van der Waals surface area contributed by atoms with E-state index in [0.29, 0.717) is 5.82 Å². The van der Waals surface area contributed by atoms with Crippen LogP contribution in [0.25, 0.3) is 27.8 Å². The number of hydrogen-bond donors (Lipinski definition) is 2. The van der Waals surface area contributed by atoms with Crippen LogP contribution in [0.1, 0.15) is 13.8 Å². The van der Waals surface area contributed by atoms with Crippen LogP contribution in [0.3, 0.4) is 0 Å². The summed E-state index contributed by atoms with van der Waals surface area (Å²) in [7, 11) is 0. The molecule has 0 unspecified atom stereocenters. The Bertz CT molecular complexity index is 1480. The zero-order valence-electron chi connectivity index (χ0n) is 20.6. The van der Waals surface area contributed by atoms with Crippen molar-refractivity contribution in [2.75, 3.05) is 54.5 Å². The van der Waals surface area contributed by atoms with Gasteiger partial charge in [-0.2, -0.15) is 5.10 Å². The normalized spacial score (nSPS) is 14.0. The Balaban J connectivity index is 1.31. The van der Waals surface area contributed by atoms with Crippen molar-refractivity contribution in [3.05, 3.63) is 61.1 Å². The Morgan fingerprint density at radius 3 is 2.64 bits per heavy atom. The standard InChI is InChI=1S/C27H30N8O/c1-3-33(4-2)26-22-10-5-19(17-23(22)31-32-26)24-18-35-12-11-28-27(35)25(30-24)29-20-6-8-21(9-7-20)34-13-15-36-16-14-34/h5-12,17-18H,3-4,13-16H2,1-2H3,(H,29,30)(H,31,32). The van der Waals surface area contributed by atoms with Gasteiger partial charge in [-0.15, -0.1) is 0 Å². The topological polar surface area (TPSA) is 86.6 Å². The first-order chi connectivity index (χ1) is 17.7. The molecule has 0 spiro atoms. The molecule has 1 fully saturated rings. The second kappa shape index (κ2) is 9.50. The summed E-state index contributed by atoms with van der Waals surface area (Å²) in [5.41, 5.74) is 5.81. The third-order valence-electron chi connectivity index (χ3n) is 6.78. The number of aromatic nitrogens is 5. The molecule has 0 saturated carbocycles. The average Bonchev–Trinajstić information content (AvgIpc) is 3.58. The molecular formula is C27H30N8O. The van der Waals surface area contributed by atoms with Crippen LogP contribution in [0.5, 0.6) is 0 Å². The summed E-state index contributed by atoms with van der Waals surface area (Å²) >= 11 is 0. The molecule has 0 amide bonds. The van der Waals surface area contributed by atoms with Crippen molar-refractivity contribution in [3.63, 3.8) is 0 Å². The molecule has 9 nitrogen and oxygen atoms in total. The predicted octanol–water partition coefficient (Wildman–Crippen LogP) is 4.70. The fourth-order valence-electron chi connectivity index (χ4n) is 4.80. The van der Waals surface area contributed by atoms with E-state index in [1.54, 1.807) is 6.20 Å². The van der Waals surface area contributed by atoms with Gasteiger partial charge in [0.2, 0.25) is 0 Å². The molecule has 4 heterocycles. The van der Waals surface area contributed by atoms with Gasteiger partial charge >= 0.3 is 0 Å². The Morgan fingerprint density at radius 2 is 1.86 bits per heavy atom. The van der Waals surface area contributed by atoms with Gasteiger partial charge in [0.25, 0.3) is 0 Å². The van der Waals surface area contributed by atoms with E-state index in [-0.39, 0.29) is 0 Å². The zero-order chi connectivity index (χ0) is 24.5. The van der Waals surface area contributed by atoms with Gasteiger partial charge in [-0.25, -0.2) is 9.97 Å². The number of anilines is 4. The van der Waals surface area contributed by atoms with Gasteiger partial charge in [-0.1, -0.05) is 6.07 Å². The highest BCUT2D eigenvalue weighted by Gasteiger charge is 2.15. The third-order valence-corrected chi connectivity index (χ3v) is 6.78. The van der Waals surface area contributed by atoms with E-state index in [4.69, 9.17) is 9.72 Å². The summed E-state index contributed by atoms with van der Waals surface area (Å²) in [6.45, 7) is 9.51. The molecule has 1 aliphatic heterocycles. The predicted molar refractivity (Wildman–Crippen MR) is 144 cm³/mol. The van der Waals surface area contributed by atoms with Crippen LogP contribution in [0.4, 0.5) is 23.0 Å². The fraction of sp³-hybridized carbons (Fsp3) is 0.296. The van der Waals surface area contributed by atoms with Crippen molar-refractivity contribution >= 4 is 39.6 Å². The summed E-state index contributed by atoms with van der Waals surface area (Å²) in [5.74, 6) is 1.70. The second-order valence-electron chi connectivity index (χ2n) is 8.88. The van der Waals surface area contributed by atoms with Gasteiger partial charge in [0.15, 0.2) is 17.3 Å². The molecule has 9 heteroatoms. The summed E-state index contributed by atoms with van der Waals surface area (Å²) < 4.78 is 7.48. The molecule has 0 atom stereocenters. The summed E-state index contributed by atoms with van der Waals surface area (Å²) in [5, 5.41) is 12.4. The number of fused-ring (bicyclic) bond motifs is 2. The van der Waals surface area contributed by atoms with E-state index in [2.05, 4.69) is 86.6 Å². The Kier molecular flexibility index (Phi) is 5.90. The van der Waals surface area contributed by atoms with E-state index in [0.717, 1.165) is 78.7 Å². The number of morpholine rings is 1. The van der Waals surface area contributed by atoms with Gasteiger partial charge in [-0.3, -0.25) is 5.10 Å². The SMILES string of the molecule is CCN(CC)c1n[nH]c2cc(-c3cn4ccnc4c(Nc4ccc(N5CCOCC5)cc4)n3)ccc12. The molecule has 2 N–H and O–H groups in total. The highest BCUT2D eigenvalue weighted by atomic mass is 16.5. The third kappa shape index (κ3) is 4.11. The van der Waals surface area contributed by atoms with E-state index in [1.807, 2.05) is 16.8 Å². The maximum atomic E-state index is 5.47. The lowest BCUT2D eigenvalue weighted by Gasteiger charge is -2.28. The van der Waals surface area contributed by atoms with Crippen LogP contribution < -0.4 is 15.1 Å². The number of nitrogens with zero attached hydrogens (tertiary/aromatic N) is 6. The number of imidazole rings is 1. The minimum absolute atomic E-state index is 0.713. The molecule has 3 aromatic heterocycles. The lowest BCUT2D eigenvalue weighted by Crippen LogP contribution is -2.36. The molecule has 6 rings (SSSR count). The number of hydrogen-bond acceptors (Lipinski definition) is 7. The first kappa shape index (κ1) is 22.4. The van der Waals surface area contributed by atoms with E-state index in [9.17, 15) is 0 Å². The molecule has 1 aliphatic rings. The van der Waals surface area contributed by atoms with Crippen LogP contribution in [0.2, 0.25) is 0 Å². The minimum Gasteiger partial charge on any atom is -0.378 e. The number of nitrogens with one attached hydrogen (secondary N) is 2. The fourth-order valence-corrected chi connectivity index (χ4v) is 4.80. The lowest BCUT2D eigenvalue weighted by molar-refractivity contribution is 0.122. The van der Waals surface area contributed by atoms with Crippen molar-refractivity contribution in [1.29, 1.82) is 0 Å². The van der Waals surface area contributed by atoms with Gasteiger partial charge in [0.1, 0.15) is 0 Å². The number of ether oxygens (including phenoxy) is 1. The van der Waals surface area contributed by atoms with E-state index < -0.39 is 0 Å². The van der Waals surface area contributed by atoms with Gasteiger partial charge in [-0.05, 0) is 50.2 Å². The second-order valence-corrected chi connectivity index (χ2v) is 8.88. The average molecular weight is 483 g/mol. The van der Waals surface area contributed by atoms with Gasteiger partial charge in [0, 0.05) is 67.1 Å². The molecule has 184 valence electrons. The molecule has 0 bridgehead atoms. The number of benzene rings is 2. The summed E-state index contributed by atoms with van der Waals surface area (Å²) in [6.07, 6.45) is 5.75. The number of aromatic amines is 1. The molecule has 1 saturated heterocycles. The monoisotopic (exact) mass is 482 g/mol. The maximum Gasteiger partial charge on any atom is 0.180 e. The first-order valence-corrected chi connectivity index (χ1v) is 12.5. The highest BCUT2D eigenvalue weighted by molar-refractivity contribution is 5.93. The van der Waals surface area contributed by atoms with E-state index >= 15 is 0 Å². The van der Waals surface area contributed by atoms with Crippen LogP contribution in [-0.2, 0) is 4.74 Å². The number of H-pyrrole nitrogens is 1. The summed E-state index contributed by atoms with van der Waals surface area (Å²) in [6, 6.07) is 14.8. The molecule has 0 aliphatic carbocycles. The van der Waals surface area contributed by atoms with Crippen LogP contribution in [0.15, 0.2) is 61.1 Å². The maximum absolute atomic E-state index is 5.47. The largest absolute Gasteiger partial charge is 0.378 e. The molecule has 2 aromatic carbocycles. The van der Waals surface area contributed by atoms with Gasteiger partial charge in [0.05, 0.1) is 24.4 Å². The molecular weight excluding hydrogens is 452 g/mol. The molecule has 0 radical (unpaired) electrons. The first-order valence-electron chi connectivity index (χ1n) is 12.5. The van der Waals surface area contributed by atoms with E-state index in [1.165, 1.54) is 5.69 Å². The highest BCUT2D eigenvalue weighted by Crippen LogP contribution is 2.30. The van der Waals surface area contributed by atoms with Crippen molar-refractivity contribution in [2.24, 2.45) is 0 Å². The Labute approximate surface area is 209 Å². The number of rotatable bonds is 7. The van der Waals surface area contributed by atoms with Crippen molar-refractivity contribution in [3.8, 4) is 11.3 Å². The Morgan fingerprint density at radius 1 is 1.06 bits per heavy atom. The van der Waals surface area contributed by atoms with Crippen molar-refractivity contribution in [2.45, 2.75) is 13.8 Å². The van der Waals surface area contributed by atoms with Crippen LogP contribution in [0, 0.1) is 0 Å². The molecule has 36 heavy (non-hydrogen) atoms. The van der Waals surface area contributed by atoms with Crippen LogP contribution >= 0.6 is 0 Å². The molecule has 5 aromatic rings. The zero-order valence-corrected chi connectivity index (χ0v) is 20.6. The van der Waals surface area contributed by atoms with Crippen LogP contribution in [-0.4, -0.2) is 64.0 Å². The Hall–Kier alpha value is -4.11. The van der Waals surface area contributed by atoms with Crippen molar-refractivity contribution < 1.29 is 4.74 Å². The van der Waals surface area contributed by atoms with Crippen molar-refractivity contribution in [1.82, 2.24) is 24.6 Å². The smallest absolute Gasteiger partial charge is 0.180 e. The lowest BCUT2D eigenvalue weighted by atomic mass is 10.1. The quantitative estimate of drug-likeness (QED) is 0.348.